The summed E-state index contributed by atoms with van der Waals surface area (Å²) in [4.78, 5) is 15.8. The average molecular weight is 367 g/mol. The molecule has 2 N–H and O–H groups in total. The van der Waals surface area contributed by atoms with Crippen LogP contribution in [-0.4, -0.2) is 19.9 Å². The predicted octanol–water partition coefficient (Wildman–Crippen LogP) is 4.65. The van der Waals surface area contributed by atoms with Crippen molar-refractivity contribution in [2.75, 3.05) is 0 Å². The Balaban J connectivity index is 0.00000168. The number of H-pyrrole nitrogens is 2. The van der Waals surface area contributed by atoms with Crippen LogP contribution < -0.4 is 0 Å². The Hall–Kier alpha value is -2.88. The molecule has 122 valence electrons. The van der Waals surface area contributed by atoms with Gasteiger partial charge in [0.25, 0.3) is 0 Å². The largest absolute Gasteiger partial charge is 0.355 e. The second-order valence-corrected chi connectivity index (χ2v) is 5.82. The van der Waals surface area contributed by atoms with Gasteiger partial charge in [0.1, 0.15) is 0 Å². The molecule has 0 spiro atoms. The van der Waals surface area contributed by atoms with Crippen LogP contribution in [0.5, 0.6) is 0 Å². The second-order valence-electron chi connectivity index (χ2n) is 5.82. The summed E-state index contributed by atoms with van der Waals surface area (Å²) in [5.41, 5.74) is 7.04. The summed E-state index contributed by atoms with van der Waals surface area (Å²) in [7, 11) is 0. The molecule has 5 heteroatoms. The van der Waals surface area contributed by atoms with Crippen molar-refractivity contribution in [2.45, 2.75) is 0 Å². The van der Waals surface area contributed by atoms with Crippen molar-refractivity contribution in [3.63, 3.8) is 0 Å². The van der Waals surface area contributed by atoms with Crippen LogP contribution in [0, 0.1) is 0 Å². The van der Waals surface area contributed by atoms with Gasteiger partial charge in [0.05, 0.1) is 24.1 Å². The van der Waals surface area contributed by atoms with E-state index in [4.69, 9.17) is 1.37 Å². The summed E-state index contributed by atoms with van der Waals surface area (Å²) >= 11 is 0. The standard InChI is InChI=1S/C20H14N4.Fe/c1-2-14-10-16-5-6-18(23-16)12-20-8-7-19(24-20)11-17-4-3-15(22-17)9-13(1)21-14;/h1-12,21,24H;/i1D;. The maximum Gasteiger partial charge on any atom is 0.0658 e. The van der Waals surface area contributed by atoms with Crippen molar-refractivity contribution < 1.29 is 18.4 Å². The fourth-order valence-electron chi connectivity index (χ4n) is 2.87. The molecular weight excluding hydrogens is 352 g/mol. The monoisotopic (exact) mass is 367 g/mol. The topological polar surface area (TPSA) is 57.4 Å². The molecule has 3 aromatic rings. The number of hydrogen-bond donors (Lipinski definition) is 2. The van der Waals surface area contributed by atoms with E-state index < -0.39 is 0 Å². The molecule has 3 aromatic heterocycles. The average Bonchev–Trinajstić information content (AvgIpc) is 3.33. The van der Waals surface area contributed by atoms with E-state index >= 15 is 0 Å². The molecule has 0 aromatic carbocycles. The number of rotatable bonds is 0. The van der Waals surface area contributed by atoms with Crippen LogP contribution in [0.4, 0.5) is 0 Å². The number of aromatic amines is 2. The first-order valence-electron chi connectivity index (χ1n) is 8.26. The van der Waals surface area contributed by atoms with Crippen LogP contribution in [0.1, 0.15) is 24.1 Å². The maximum atomic E-state index is 8.14. The quantitative estimate of drug-likeness (QED) is 0.392. The number of aromatic nitrogens is 4. The molecule has 0 amide bonds. The zero-order chi connectivity index (χ0) is 16.8. The third-order valence-electron chi connectivity index (χ3n) is 3.96. The number of nitrogens with one attached hydrogen (secondary N) is 2. The van der Waals surface area contributed by atoms with Gasteiger partial charge in [0.2, 0.25) is 0 Å². The molecule has 0 atom stereocenters. The van der Waals surface area contributed by atoms with E-state index in [-0.39, 0.29) is 17.1 Å². The number of nitrogens with zero attached hydrogens (tertiary/aromatic N) is 2. The fourth-order valence-corrected chi connectivity index (χ4v) is 2.87. The van der Waals surface area contributed by atoms with E-state index in [0.717, 1.165) is 44.8 Å². The van der Waals surface area contributed by atoms with Gasteiger partial charge in [-0.05, 0) is 72.8 Å². The molecule has 0 unspecified atom stereocenters. The van der Waals surface area contributed by atoms with Crippen molar-refractivity contribution in [1.82, 2.24) is 19.9 Å². The Morgan fingerprint density at radius 1 is 0.600 bits per heavy atom. The van der Waals surface area contributed by atoms with E-state index in [1.807, 2.05) is 60.7 Å². The molecule has 0 saturated heterocycles. The van der Waals surface area contributed by atoms with E-state index in [1.54, 1.807) is 6.07 Å². The summed E-state index contributed by atoms with van der Waals surface area (Å²) in [6.45, 7) is 0. The maximum absolute atomic E-state index is 8.14. The van der Waals surface area contributed by atoms with Gasteiger partial charge < -0.3 is 9.97 Å². The first-order valence-corrected chi connectivity index (χ1v) is 7.76. The number of hydrogen-bond acceptors (Lipinski definition) is 2. The first-order chi connectivity index (χ1) is 12.2. The Labute approximate surface area is 156 Å². The van der Waals surface area contributed by atoms with Crippen LogP contribution in [0.2, 0.25) is 0 Å². The fraction of sp³-hybridized carbons (Fsp3) is 0. The minimum absolute atomic E-state index is 0. The smallest absolute Gasteiger partial charge is 0.0658 e. The van der Waals surface area contributed by atoms with Gasteiger partial charge in [-0.3, -0.25) is 0 Å². The molecule has 4 nitrogen and oxygen atoms in total. The molecule has 8 bridgehead atoms. The van der Waals surface area contributed by atoms with Gasteiger partial charge in [-0.25, -0.2) is 9.97 Å². The van der Waals surface area contributed by atoms with E-state index in [9.17, 15) is 0 Å². The summed E-state index contributed by atoms with van der Waals surface area (Å²) in [6, 6.07) is 14.1. The minimum atomic E-state index is 0. The van der Waals surface area contributed by atoms with Crippen LogP contribution in [0.25, 0.3) is 46.4 Å². The SMILES string of the molecule is [2H]c1cc2cc3nc(cc4ccc(cc5nc(cc1[nH]2)C=C5)[nH]4)C=C3.[Fe]. The van der Waals surface area contributed by atoms with Crippen molar-refractivity contribution >= 4 is 46.4 Å². The molecule has 2 aliphatic rings. The van der Waals surface area contributed by atoms with Crippen molar-refractivity contribution in [3.8, 4) is 0 Å². The molecule has 0 aliphatic carbocycles. The molecular formula is C20H14FeN4. The van der Waals surface area contributed by atoms with Gasteiger partial charge in [-0.2, -0.15) is 0 Å². The molecule has 5 heterocycles. The normalized spacial score (nSPS) is 12.7. The Morgan fingerprint density at radius 2 is 1.00 bits per heavy atom. The Bertz CT molecular complexity index is 1220. The van der Waals surface area contributed by atoms with Gasteiger partial charge >= 0.3 is 0 Å². The zero-order valence-corrected chi connectivity index (χ0v) is 14.2. The second kappa shape index (κ2) is 6.20. The third-order valence-corrected chi connectivity index (χ3v) is 3.96. The van der Waals surface area contributed by atoms with Crippen molar-refractivity contribution in [2.24, 2.45) is 0 Å². The molecule has 0 fully saturated rings. The van der Waals surface area contributed by atoms with Crippen LogP contribution in [0.15, 0.2) is 48.5 Å². The molecule has 5 rings (SSSR count). The summed E-state index contributed by atoms with van der Waals surface area (Å²) in [5, 5.41) is 0. The van der Waals surface area contributed by atoms with E-state index in [0.29, 0.717) is 6.04 Å². The summed E-state index contributed by atoms with van der Waals surface area (Å²) < 4.78 is 8.14. The predicted molar refractivity (Wildman–Crippen MR) is 98.9 cm³/mol. The third kappa shape index (κ3) is 3.20. The summed E-state index contributed by atoms with van der Waals surface area (Å²) in [5.74, 6) is 0. The van der Waals surface area contributed by atoms with E-state index in [2.05, 4.69) is 19.9 Å². The minimum Gasteiger partial charge on any atom is -0.355 e. The van der Waals surface area contributed by atoms with Crippen molar-refractivity contribution in [1.29, 1.82) is 0 Å². The first kappa shape index (κ1) is 14.5. The molecule has 0 radical (unpaired) electrons. The number of fused-ring (bicyclic) bond motifs is 8. The molecule has 2 aliphatic heterocycles. The Morgan fingerprint density at radius 3 is 1.52 bits per heavy atom. The van der Waals surface area contributed by atoms with Gasteiger partial charge in [0.15, 0.2) is 0 Å². The van der Waals surface area contributed by atoms with Crippen LogP contribution in [0.3, 0.4) is 0 Å². The van der Waals surface area contributed by atoms with Crippen LogP contribution in [-0.2, 0) is 17.1 Å². The molecule has 0 saturated carbocycles. The zero-order valence-electron chi connectivity index (χ0n) is 14.1. The van der Waals surface area contributed by atoms with Gasteiger partial charge in [0, 0.05) is 39.1 Å². The van der Waals surface area contributed by atoms with E-state index in [1.165, 1.54) is 0 Å². The van der Waals surface area contributed by atoms with Gasteiger partial charge in [-0.1, -0.05) is 0 Å². The van der Waals surface area contributed by atoms with Crippen molar-refractivity contribution in [3.05, 3.63) is 71.3 Å². The summed E-state index contributed by atoms with van der Waals surface area (Å²) in [6.07, 6.45) is 7.88. The van der Waals surface area contributed by atoms with Crippen LogP contribution >= 0.6 is 0 Å². The Kier molecular flexibility index (Phi) is 3.59. The molecule has 25 heavy (non-hydrogen) atoms. The van der Waals surface area contributed by atoms with Gasteiger partial charge in [-0.15, -0.1) is 0 Å².